The minimum absolute atomic E-state index is 0.318. The number of benzene rings is 9. The molecule has 0 amide bonds. The minimum Gasteiger partial charge on any atom is -0.456 e. The molecule has 5 heteroatoms. The second-order valence-electron chi connectivity index (χ2n) is 14.6. The van der Waals surface area contributed by atoms with Crippen LogP contribution in [0.3, 0.4) is 0 Å². The number of nitrogens with zero attached hydrogens (tertiary/aromatic N) is 3. The SMILES string of the molecule is c1ccc(C2=NC(c3ccccc3)NC(c3cccc4oc5ccc(N(c6ccc7ccc8ccccc8c7c6)c6ccccc6-c6ccccc6)cc5c34)=N2)cc1. The van der Waals surface area contributed by atoms with Crippen LogP contribution in [0, 0.1) is 0 Å². The molecular formula is C53H36N4O. The van der Waals surface area contributed by atoms with E-state index in [-0.39, 0.29) is 6.17 Å². The van der Waals surface area contributed by atoms with Crippen molar-refractivity contribution in [3.8, 4) is 11.1 Å². The number of hydrogen-bond acceptors (Lipinski definition) is 5. The van der Waals surface area contributed by atoms with Crippen LogP contribution in [0.5, 0.6) is 0 Å². The Hall–Kier alpha value is -7.76. The molecule has 11 rings (SSSR count). The summed E-state index contributed by atoms with van der Waals surface area (Å²) in [4.78, 5) is 12.7. The molecule has 0 fully saturated rings. The van der Waals surface area contributed by atoms with Gasteiger partial charge in [0.1, 0.15) is 23.2 Å². The highest BCUT2D eigenvalue weighted by molar-refractivity contribution is 6.22. The smallest absolute Gasteiger partial charge is 0.159 e. The fraction of sp³-hybridized carbons (Fsp3) is 0.0189. The van der Waals surface area contributed by atoms with Crippen molar-refractivity contribution in [2.24, 2.45) is 9.98 Å². The van der Waals surface area contributed by atoms with Crippen molar-refractivity contribution in [3.05, 3.63) is 223 Å². The van der Waals surface area contributed by atoms with Crippen molar-refractivity contribution in [3.63, 3.8) is 0 Å². The van der Waals surface area contributed by atoms with E-state index in [4.69, 9.17) is 14.4 Å². The van der Waals surface area contributed by atoms with Gasteiger partial charge < -0.3 is 14.6 Å². The van der Waals surface area contributed by atoms with Gasteiger partial charge in [0.15, 0.2) is 5.84 Å². The summed E-state index contributed by atoms with van der Waals surface area (Å²) in [5.41, 5.74) is 10.0. The number of nitrogens with one attached hydrogen (secondary N) is 1. The Morgan fingerprint density at radius 1 is 0.466 bits per heavy atom. The average molecular weight is 745 g/mol. The maximum absolute atomic E-state index is 6.62. The summed E-state index contributed by atoms with van der Waals surface area (Å²) in [5.74, 6) is 1.43. The Labute approximate surface area is 335 Å². The lowest BCUT2D eigenvalue weighted by Crippen LogP contribution is -2.33. The predicted molar refractivity (Wildman–Crippen MR) is 241 cm³/mol. The molecule has 5 nitrogen and oxygen atoms in total. The van der Waals surface area contributed by atoms with Crippen LogP contribution in [0.15, 0.2) is 221 Å². The lowest BCUT2D eigenvalue weighted by Gasteiger charge is -2.28. The van der Waals surface area contributed by atoms with Crippen LogP contribution in [0.1, 0.15) is 22.9 Å². The first kappa shape index (κ1) is 33.6. The Morgan fingerprint density at radius 2 is 1.09 bits per heavy atom. The van der Waals surface area contributed by atoms with Crippen LogP contribution in [0.2, 0.25) is 0 Å². The first-order valence-electron chi connectivity index (χ1n) is 19.6. The van der Waals surface area contributed by atoms with Crippen LogP contribution >= 0.6 is 0 Å². The number of hydrogen-bond donors (Lipinski definition) is 1. The highest BCUT2D eigenvalue weighted by Crippen LogP contribution is 2.44. The highest BCUT2D eigenvalue weighted by Gasteiger charge is 2.25. The standard InChI is InChI=1S/C53H36N4O/c1-4-15-35(16-5-1)43-23-12-13-25-47(43)57(40-30-29-37-28-27-36-17-10-11-22-42(36)45(37)33-40)41-31-32-48-46(34-41)50-44(24-14-26-49(50)58-48)53-55-51(38-18-6-2-7-19-38)54-52(56-53)39-20-8-3-9-21-39/h1-34,51H,(H,54,55,56). The molecule has 10 aromatic rings. The van der Waals surface area contributed by atoms with Crippen molar-refractivity contribution in [1.82, 2.24) is 5.32 Å². The first-order chi connectivity index (χ1) is 28.7. The van der Waals surface area contributed by atoms with Gasteiger partial charge in [0, 0.05) is 38.8 Å². The van der Waals surface area contributed by atoms with E-state index in [1.807, 2.05) is 48.5 Å². The fourth-order valence-electron chi connectivity index (χ4n) is 8.35. The number of rotatable bonds is 7. The number of anilines is 3. The molecule has 1 N–H and O–H groups in total. The van der Waals surface area contributed by atoms with Crippen LogP contribution in [-0.2, 0) is 0 Å². The molecule has 1 atom stereocenters. The molecule has 0 spiro atoms. The van der Waals surface area contributed by atoms with Crippen molar-refractivity contribution in [2.75, 3.05) is 4.90 Å². The number of para-hydroxylation sites is 1. The minimum atomic E-state index is -0.318. The van der Waals surface area contributed by atoms with Crippen molar-refractivity contribution in [2.45, 2.75) is 6.17 Å². The van der Waals surface area contributed by atoms with E-state index >= 15 is 0 Å². The summed E-state index contributed by atoms with van der Waals surface area (Å²) in [6.45, 7) is 0. The molecule has 58 heavy (non-hydrogen) atoms. The maximum Gasteiger partial charge on any atom is 0.159 e. The zero-order chi connectivity index (χ0) is 38.4. The predicted octanol–water partition coefficient (Wildman–Crippen LogP) is 13.5. The molecule has 0 bridgehead atoms. The van der Waals surface area contributed by atoms with Gasteiger partial charge in [0.2, 0.25) is 0 Å². The molecule has 0 saturated carbocycles. The van der Waals surface area contributed by atoms with Crippen LogP contribution in [0.25, 0.3) is 54.6 Å². The Balaban J connectivity index is 1.12. The zero-order valence-corrected chi connectivity index (χ0v) is 31.5. The van der Waals surface area contributed by atoms with Gasteiger partial charge in [-0.3, -0.25) is 0 Å². The van der Waals surface area contributed by atoms with Gasteiger partial charge in [-0.1, -0.05) is 164 Å². The second-order valence-corrected chi connectivity index (χ2v) is 14.6. The number of aliphatic imine (C=N–C) groups is 2. The largest absolute Gasteiger partial charge is 0.456 e. The number of furan rings is 1. The Bertz CT molecular complexity index is 3210. The monoisotopic (exact) mass is 744 g/mol. The molecule has 2 heterocycles. The molecule has 0 saturated heterocycles. The average Bonchev–Trinajstić information content (AvgIpc) is 3.68. The molecule has 274 valence electrons. The summed E-state index contributed by atoms with van der Waals surface area (Å²) < 4.78 is 6.62. The van der Waals surface area contributed by atoms with Crippen molar-refractivity contribution >= 4 is 72.2 Å². The third-order valence-electron chi connectivity index (χ3n) is 11.1. The van der Waals surface area contributed by atoms with E-state index in [9.17, 15) is 0 Å². The third kappa shape index (κ3) is 5.89. The van der Waals surface area contributed by atoms with Crippen molar-refractivity contribution in [1.29, 1.82) is 0 Å². The zero-order valence-electron chi connectivity index (χ0n) is 31.5. The summed E-state index contributed by atoms with van der Waals surface area (Å²) in [6.07, 6.45) is -0.318. The van der Waals surface area contributed by atoms with E-state index in [1.165, 1.54) is 21.5 Å². The molecule has 1 aliphatic rings. The van der Waals surface area contributed by atoms with Gasteiger partial charge in [-0.15, -0.1) is 0 Å². The lowest BCUT2D eigenvalue weighted by molar-refractivity contribution is 0.667. The van der Waals surface area contributed by atoms with Crippen LogP contribution in [0.4, 0.5) is 17.1 Å². The highest BCUT2D eigenvalue weighted by atomic mass is 16.3. The van der Waals surface area contributed by atoms with Gasteiger partial charge in [-0.25, -0.2) is 9.98 Å². The summed E-state index contributed by atoms with van der Waals surface area (Å²) in [7, 11) is 0. The van der Waals surface area contributed by atoms with E-state index in [1.54, 1.807) is 0 Å². The quantitative estimate of drug-likeness (QED) is 0.165. The molecule has 0 aliphatic carbocycles. The first-order valence-corrected chi connectivity index (χ1v) is 19.6. The Kier molecular flexibility index (Phi) is 8.14. The van der Waals surface area contributed by atoms with Crippen LogP contribution < -0.4 is 10.2 Å². The molecule has 9 aromatic carbocycles. The Morgan fingerprint density at radius 3 is 1.90 bits per heavy atom. The fourth-order valence-corrected chi connectivity index (χ4v) is 8.35. The lowest BCUT2D eigenvalue weighted by atomic mass is 9.99. The molecule has 1 aliphatic heterocycles. The summed E-state index contributed by atoms with van der Waals surface area (Å²) in [6, 6.07) is 72.4. The van der Waals surface area contributed by atoms with Gasteiger partial charge in [0.25, 0.3) is 0 Å². The van der Waals surface area contributed by atoms with Gasteiger partial charge in [-0.2, -0.15) is 0 Å². The van der Waals surface area contributed by atoms with Crippen molar-refractivity contribution < 1.29 is 4.42 Å². The van der Waals surface area contributed by atoms with E-state index in [0.29, 0.717) is 5.84 Å². The second kappa shape index (κ2) is 14.1. The van der Waals surface area contributed by atoms with Crippen LogP contribution in [-0.4, -0.2) is 11.7 Å². The molecular weight excluding hydrogens is 709 g/mol. The van der Waals surface area contributed by atoms with Gasteiger partial charge in [0.05, 0.1) is 5.69 Å². The summed E-state index contributed by atoms with van der Waals surface area (Å²) in [5, 5.41) is 10.5. The van der Waals surface area contributed by atoms with Gasteiger partial charge >= 0.3 is 0 Å². The van der Waals surface area contributed by atoms with E-state index in [0.717, 1.165) is 72.7 Å². The normalized spacial score (nSPS) is 14.0. The topological polar surface area (TPSA) is 53.1 Å². The van der Waals surface area contributed by atoms with E-state index < -0.39 is 0 Å². The molecule has 1 unspecified atom stereocenters. The summed E-state index contributed by atoms with van der Waals surface area (Å²) >= 11 is 0. The third-order valence-corrected chi connectivity index (χ3v) is 11.1. The maximum atomic E-state index is 6.62. The molecule has 1 aromatic heterocycles. The number of fused-ring (bicyclic) bond motifs is 6. The molecule has 0 radical (unpaired) electrons. The number of amidine groups is 2. The van der Waals surface area contributed by atoms with E-state index in [2.05, 4.69) is 168 Å². The van der Waals surface area contributed by atoms with Gasteiger partial charge in [-0.05, 0) is 75.1 Å².